The van der Waals surface area contributed by atoms with Gasteiger partial charge in [-0.1, -0.05) is 35.8 Å². The average molecular weight is 386 g/mol. The Balaban J connectivity index is 1.56. The number of benzene rings is 1. The normalized spacial score (nSPS) is 17.3. The molecule has 3 aromatic rings. The van der Waals surface area contributed by atoms with E-state index in [0.717, 1.165) is 42.7 Å². The van der Waals surface area contributed by atoms with E-state index < -0.39 is 0 Å². The van der Waals surface area contributed by atoms with Gasteiger partial charge in [-0.05, 0) is 31.4 Å². The molecule has 1 unspecified atom stereocenters. The lowest BCUT2D eigenvalue weighted by molar-refractivity contribution is -0.120. The number of carbonyl (C=O) groups is 1. The molecule has 0 radical (unpaired) electrons. The first-order valence-electron chi connectivity index (χ1n) is 9.07. The van der Waals surface area contributed by atoms with Crippen LogP contribution < -0.4 is 10.2 Å². The van der Waals surface area contributed by atoms with Crippen LogP contribution in [0.4, 0.5) is 11.5 Å². The molecule has 0 saturated carbocycles. The van der Waals surface area contributed by atoms with Gasteiger partial charge in [-0.15, -0.1) is 0 Å². The first kappa shape index (κ1) is 17.7. The number of aromatic nitrogens is 3. The largest absolute Gasteiger partial charge is 0.355 e. The van der Waals surface area contributed by atoms with Crippen LogP contribution >= 0.6 is 11.6 Å². The second kappa shape index (κ2) is 7.52. The van der Waals surface area contributed by atoms with Crippen molar-refractivity contribution < 1.29 is 9.32 Å². The van der Waals surface area contributed by atoms with Crippen molar-refractivity contribution in [1.82, 2.24) is 15.1 Å². The quantitative estimate of drug-likeness (QED) is 0.737. The van der Waals surface area contributed by atoms with E-state index in [1.165, 1.54) is 6.33 Å². The van der Waals surface area contributed by atoms with Crippen LogP contribution in [0.3, 0.4) is 0 Å². The van der Waals surface area contributed by atoms with E-state index >= 15 is 0 Å². The summed E-state index contributed by atoms with van der Waals surface area (Å²) >= 11 is 6.16. The number of hydrogen-bond acceptors (Lipinski definition) is 6. The molecule has 4 rings (SSSR count). The van der Waals surface area contributed by atoms with E-state index in [9.17, 15) is 4.79 Å². The van der Waals surface area contributed by atoms with Crippen molar-refractivity contribution in [2.75, 3.05) is 23.3 Å². The van der Waals surface area contributed by atoms with Crippen LogP contribution in [0.5, 0.6) is 0 Å². The molecule has 1 atom stereocenters. The zero-order valence-corrected chi connectivity index (χ0v) is 15.7. The lowest BCUT2D eigenvalue weighted by Crippen LogP contribution is -2.41. The Hall–Kier alpha value is -2.67. The highest BCUT2D eigenvalue weighted by Crippen LogP contribution is 2.30. The molecule has 1 aliphatic rings. The summed E-state index contributed by atoms with van der Waals surface area (Å²) in [6.45, 7) is 3.43. The minimum absolute atomic E-state index is 0.0286. The van der Waals surface area contributed by atoms with Gasteiger partial charge in [-0.25, -0.2) is 4.98 Å². The molecule has 1 fully saturated rings. The molecular formula is C19H20ClN5O2. The van der Waals surface area contributed by atoms with E-state index in [1.807, 2.05) is 19.1 Å². The third kappa shape index (κ3) is 3.47. The van der Waals surface area contributed by atoms with Crippen molar-refractivity contribution in [2.24, 2.45) is 5.92 Å². The van der Waals surface area contributed by atoms with Crippen molar-refractivity contribution in [2.45, 2.75) is 26.2 Å². The number of anilines is 2. The van der Waals surface area contributed by atoms with Gasteiger partial charge in [-0.3, -0.25) is 4.79 Å². The lowest BCUT2D eigenvalue weighted by Gasteiger charge is -2.33. The second-order valence-corrected chi connectivity index (χ2v) is 7.02. The van der Waals surface area contributed by atoms with Crippen molar-refractivity contribution in [3.05, 3.63) is 41.3 Å². The van der Waals surface area contributed by atoms with E-state index in [1.54, 1.807) is 12.1 Å². The Kier molecular flexibility index (Phi) is 4.94. The number of nitrogens with zero attached hydrogens (tertiary/aromatic N) is 4. The molecule has 1 aromatic carbocycles. The second-order valence-electron chi connectivity index (χ2n) is 6.61. The first-order chi connectivity index (χ1) is 13.2. The molecule has 2 aromatic heterocycles. The number of aryl methyl sites for hydroxylation is 1. The molecule has 0 aliphatic carbocycles. The van der Waals surface area contributed by atoms with Gasteiger partial charge >= 0.3 is 0 Å². The SMILES string of the molecule is CCc1noc2ncnc(N3CCCC(C(=O)Nc4ccccc4Cl)C3)c12. The third-order valence-corrected chi connectivity index (χ3v) is 5.21. The van der Waals surface area contributed by atoms with Crippen LogP contribution in [-0.2, 0) is 11.2 Å². The van der Waals surface area contributed by atoms with Gasteiger partial charge in [0.25, 0.3) is 5.71 Å². The number of nitrogens with one attached hydrogen (secondary N) is 1. The zero-order valence-electron chi connectivity index (χ0n) is 15.0. The Bertz CT molecular complexity index is 974. The molecule has 1 N–H and O–H groups in total. The van der Waals surface area contributed by atoms with Crippen molar-refractivity contribution in [3.63, 3.8) is 0 Å². The van der Waals surface area contributed by atoms with Crippen molar-refractivity contribution in [1.29, 1.82) is 0 Å². The molecule has 1 aliphatic heterocycles. The summed E-state index contributed by atoms with van der Waals surface area (Å²) in [5.74, 6) is 0.609. The highest BCUT2D eigenvalue weighted by atomic mass is 35.5. The van der Waals surface area contributed by atoms with E-state index in [0.29, 0.717) is 23.0 Å². The molecule has 0 bridgehead atoms. The molecule has 3 heterocycles. The Labute approximate surface area is 161 Å². The van der Waals surface area contributed by atoms with Crippen molar-refractivity contribution in [3.8, 4) is 0 Å². The first-order valence-corrected chi connectivity index (χ1v) is 9.44. The minimum Gasteiger partial charge on any atom is -0.355 e. The summed E-state index contributed by atoms with van der Waals surface area (Å²) in [7, 11) is 0. The Morgan fingerprint density at radius 3 is 3.04 bits per heavy atom. The topological polar surface area (TPSA) is 84.2 Å². The molecule has 1 saturated heterocycles. The summed E-state index contributed by atoms with van der Waals surface area (Å²) in [5, 5.41) is 8.41. The number of piperidine rings is 1. The van der Waals surface area contributed by atoms with Crippen LogP contribution in [0.25, 0.3) is 11.1 Å². The lowest BCUT2D eigenvalue weighted by atomic mass is 9.96. The van der Waals surface area contributed by atoms with Gasteiger partial charge in [0.15, 0.2) is 0 Å². The number of para-hydroxylation sites is 1. The minimum atomic E-state index is -0.148. The van der Waals surface area contributed by atoms with Gasteiger partial charge in [0, 0.05) is 13.1 Å². The maximum atomic E-state index is 12.8. The van der Waals surface area contributed by atoms with E-state index in [4.69, 9.17) is 16.1 Å². The van der Waals surface area contributed by atoms with Gasteiger partial charge in [0.1, 0.15) is 17.5 Å². The molecule has 27 heavy (non-hydrogen) atoms. The number of amides is 1. The highest BCUT2D eigenvalue weighted by Gasteiger charge is 2.29. The monoisotopic (exact) mass is 385 g/mol. The molecule has 8 heteroatoms. The highest BCUT2D eigenvalue weighted by molar-refractivity contribution is 6.33. The van der Waals surface area contributed by atoms with Gasteiger partial charge in [0.05, 0.1) is 22.3 Å². The number of hydrogen-bond donors (Lipinski definition) is 1. The fraction of sp³-hybridized carbons (Fsp3) is 0.368. The smallest absolute Gasteiger partial charge is 0.263 e. The number of fused-ring (bicyclic) bond motifs is 1. The average Bonchev–Trinajstić information content (AvgIpc) is 3.13. The Morgan fingerprint density at radius 2 is 2.22 bits per heavy atom. The van der Waals surface area contributed by atoms with Crippen LogP contribution in [0, 0.1) is 5.92 Å². The molecule has 7 nitrogen and oxygen atoms in total. The standard InChI is InChI=1S/C19H20ClN5O2/c1-2-14-16-17(21-11-22-19(16)27-24-14)25-9-5-6-12(10-25)18(26)23-15-8-4-3-7-13(15)20/h3-4,7-8,11-12H,2,5-6,9-10H2,1H3,(H,23,26). The summed E-state index contributed by atoms with van der Waals surface area (Å²) < 4.78 is 5.32. The van der Waals surface area contributed by atoms with E-state index in [-0.39, 0.29) is 11.8 Å². The number of halogens is 1. The van der Waals surface area contributed by atoms with Crippen LogP contribution in [0.15, 0.2) is 35.1 Å². The summed E-state index contributed by atoms with van der Waals surface area (Å²) in [5.41, 5.74) is 1.96. The summed E-state index contributed by atoms with van der Waals surface area (Å²) in [6, 6.07) is 7.26. The number of rotatable bonds is 4. The van der Waals surface area contributed by atoms with Crippen LogP contribution in [0.1, 0.15) is 25.5 Å². The molecule has 0 spiro atoms. The van der Waals surface area contributed by atoms with Crippen molar-refractivity contribution >= 4 is 40.1 Å². The molecular weight excluding hydrogens is 366 g/mol. The predicted molar refractivity (Wildman–Crippen MR) is 104 cm³/mol. The fourth-order valence-electron chi connectivity index (χ4n) is 3.49. The molecule has 1 amide bonds. The molecule has 140 valence electrons. The van der Waals surface area contributed by atoms with Gasteiger partial charge in [-0.2, -0.15) is 4.98 Å². The number of carbonyl (C=O) groups excluding carboxylic acids is 1. The third-order valence-electron chi connectivity index (χ3n) is 4.88. The van der Waals surface area contributed by atoms with Gasteiger partial charge in [0.2, 0.25) is 5.91 Å². The zero-order chi connectivity index (χ0) is 18.8. The van der Waals surface area contributed by atoms with Crippen LogP contribution in [-0.4, -0.2) is 34.1 Å². The summed E-state index contributed by atoms with van der Waals surface area (Å²) in [6.07, 6.45) is 3.94. The van der Waals surface area contributed by atoms with E-state index in [2.05, 4.69) is 25.3 Å². The fourth-order valence-corrected chi connectivity index (χ4v) is 3.67. The summed E-state index contributed by atoms with van der Waals surface area (Å²) in [4.78, 5) is 23.5. The predicted octanol–water partition coefficient (Wildman–Crippen LogP) is 3.69. The van der Waals surface area contributed by atoms with Gasteiger partial charge < -0.3 is 14.7 Å². The van der Waals surface area contributed by atoms with Crippen LogP contribution in [0.2, 0.25) is 5.02 Å². The maximum Gasteiger partial charge on any atom is 0.263 e. The maximum absolute atomic E-state index is 12.8. The Morgan fingerprint density at radius 1 is 1.37 bits per heavy atom.